The molecule has 0 atom stereocenters. The third kappa shape index (κ3) is 1.02. The first-order chi connectivity index (χ1) is 9.84. The second-order valence-corrected chi connectivity index (χ2v) is 5.24. The minimum Gasteiger partial charge on any atom is -0.299 e. The van der Waals surface area contributed by atoms with Gasteiger partial charge in [0.05, 0.1) is 30.7 Å². The van der Waals surface area contributed by atoms with Crippen LogP contribution in [0, 0.1) is 0 Å². The Bertz CT molecular complexity index is 992. The molecule has 5 nitrogen and oxygen atoms in total. The zero-order chi connectivity index (χ0) is 13.3. The van der Waals surface area contributed by atoms with Crippen LogP contribution in [0.25, 0.3) is 27.9 Å². The molecule has 20 heavy (non-hydrogen) atoms. The number of imidazole rings is 1. The SMILES string of the molecule is C[n+]1c2n(c3cn4cnccc4c31)Cc1cnccc1-2. The van der Waals surface area contributed by atoms with Gasteiger partial charge in [-0.3, -0.25) is 9.38 Å². The first-order valence-electron chi connectivity index (χ1n) is 6.61. The summed E-state index contributed by atoms with van der Waals surface area (Å²) >= 11 is 0. The number of hydrogen-bond acceptors (Lipinski definition) is 2. The van der Waals surface area contributed by atoms with Crippen molar-refractivity contribution in [3.63, 3.8) is 0 Å². The van der Waals surface area contributed by atoms with E-state index in [1.54, 1.807) is 0 Å². The van der Waals surface area contributed by atoms with Crippen molar-refractivity contribution in [2.45, 2.75) is 6.54 Å². The van der Waals surface area contributed by atoms with E-state index in [9.17, 15) is 0 Å². The summed E-state index contributed by atoms with van der Waals surface area (Å²) in [6, 6.07) is 4.16. The van der Waals surface area contributed by atoms with Crippen molar-refractivity contribution >= 4 is 16.6 Å². The lowest BCUT2D eigenvalue weighted by Gasteiger charge is -1.95. The molecule has 0 aromatic carbocycles. The monoisotopic (exact) mass is 262 g/mol. The predicted octanol–water partition coefficient (Wildman–Crippen LogP) is 1.54. The molecule has 5 rings (SSSR count). The van der Waals surface area contributed by atoms with Gasteiger partial charge in [-0.15, -0.1) is 0 Å². The van der Waals surface area contributed by atoms with Crippen molar-refractivity contribution in [3.05, 3.63) is 48.8 Å². The lowest BCUT2D eigenvalue weighted by atomic mass is 10.2. The Hall–Kier alpha value is -2.69. The average Bonchev–Trinajstić information content (AvgIpc) is 3.10. The van der Waals surface area contributed by atoms with E-state index >= 15 is 0 Å². The zero-order valence-corrected chi connectivity index (χ0v) is 11.0. The number of aryl methyl sites for hydroxylation is 1. The number of nitrogens with zero attached hydrogens (tertiary/aromatic N) is 5. The van der Waals surface area contributed by atoms with Crippen LogP contribution >= 0.6 is 0 Å². The van der Waals surface area contributed by atoms with Gasteiger partial charge in [-0.1, -0.05) is 0 Å². The summed E-state index contributed by atoms with van der Waals surface area (Å²) in [5.41, 5.74) is 6.26. The molecular weight excluding hydrogens is 250 g/mol. The molecule has 5 heteroatoms. The highest BCUT2D eigenvalue weighted by Gasteiger charge is 2.34. The Labute approximate surface area is 114 Å². The van der Waals surface area contributed by atoms with E-state index in [0.717, 1.165) is 6.54 Å². The minimum atomic E-state index is 0.889. The van der Waals surface area contributed by atoms with Crippen LogP contribution in [0.2, 0.25) is 0 Å². The maximum absolute atomic E-state index is 4.23. The van der Waals surface area contributed by atoms with Crippen LogP contribution in [0.4, 0.5) is 0 Å². The fourth-order valence-electron chi connectivity index (χ4n) is 3.37. The molecule has 0 bridgehead atoms. The van der Waals surface area contributed by atoms with Crippen LogP contribution < -0.4 is 4.57 Å². The van der Waals surface area contributed by atoms with Gasteiger partial charge < -0.3 is 0 Å². The Morgan fingerprint density at radius 1 is 1.15 bits per heavy atom. The van der Waals surface area contributed by atoms with Crippen molar-refractivity contribution < 1.29 is 4.57 Å². The highest BCUT2D eigenvalue weighted by atomic mass is 15.2. The van der Waals surface area contributed by atoms with Crippen molar-refractivity contribution in [3.8, 4) is 11.4 Å². The van der Waals surface area contributed by atoms with Crippen molar-refractivity contribution in [1.82, 2.24) is 18.9 Å². The van der Waals surface area contributed by atoms with Crippen LogP contribution in [0.3, 0.4) is 0 Å². The second kappa shape index (κ2) is 3.25. The lowest BCUT2D eigenvalue weighted by Crippen LogP contribution is -2.29. The number of pyridine rings is 1. The van der Waals surface area contributed by atoms with Crippen LogP contribution in [0.5, 0.6) is 0 Å². The maximum atomic E-state index is 4.23. The van der Waals surface area contributed by atoms with Crippen molar-refractivity contribution in [2.24, 2.45) is 7.05 Å². The summed E-state index contributed by atoms with van der Waals surface area (Å²) in [5.74, 6) is 1.26. The van der Waals surface area contributed by atoms with E-state index in [2.05, 4.69) is 48.9 Å². The van der Waals surface area contributed by atoms with Gasteiger partial charge in [-0.05, 0) is 12.1 Å². The summed E-state index contributed by atoms with van der Waals surface area (Å²) in [4.78, 5) is 8.42. The molecule has 4 aromatic heterocycles. The molecule has 0 saturated heterocycles. The molecule has 0 unspecified atom stereocenters. The zero-order valence-electron chi connectivity index (χ0n) is 11.0. The van der Waals surface area contributed by atoms with E-state index in [0.29, 0.717) is 0 Å². The van der Waals surface area contributed by atoms with Gasteiger partial charge in [-0.2, -0.15) is 0 Å². The van der Waals surface area contributed by atoms with E-state index in [4.69, 9.17) is 0 Å². The van der Waals surface area contributed by atoms with Gasteiger partial charge in [0.15, 0.2) is 11.0 Å². The first kappa shape index (κ1) is 10.1. The predicted molar refractivity (Wildman–Crippen MR) is 74.2 cm³/mol. The van der Waals surface area contributed by atoms with Crippen LogP contribution in [0.1, 0.15) is 5.56 Å². The van der Waals surface area contributed by atoms with Gasteiger partial charge in [0.2, 0.25) is 0 Å². The molecule has 0 aliphatic carbocycles. The van der Waals surface area contributed by atoms with Gasteiger partial charge in [0.25, 0.3) is 5.82 Å². The topological polar surface area (TPSA) is 39.0 Å². The van der Waals surface area contributed by atoms with E-state index < -0.39 is 0 Å². The summed E-state index contributed by atoms with van der Waals surface area (Å²) in [6.45, 7) is 0.889. The standard InChI is InChI=1S/C15H12N5/c1-18-14-12-3-5-17-9-19(12)8-13(14)20-7-10-6-16-4-2-11(10)15(18)20/h2-6,8-9H,7H2,1H3/q+1. The van der Waals surface area contributed by atoms with Crippen LogP contribution in [-0.4, -0.2) is 18.9 Å². The molecule has 1 aliphatic rings. The maximum Gasteiger partial charge on any atom is 0.290 e. The fraction of sp³-hybridized carbons (Fsp3) is 0.133. The highest BCUT2D eigenvalue weighted by Crippen LogP contribution is 2.34. The van der Waals surface area contributed by atoms with Gasteiger partial charge in [-0.25, -0.2) is 14.1 Å². The third-order valence-corrected chi connectivity index (χ3v) is 4.21. The molecule has 0 fully saturated rings. The third-order valence-electron chi connectivity index (χ3n) is 4.21. The smallest absolute Gasteiger partial charge is 0.290 e. The van der Waals surface area contributed by atoms with E-state index in [1.807, 2.05) is 24.9 Å². The number of rotatable bonds is 0. The molecule has 4 aromatic rings. The number of aromatic nitrogens is 5. The van der Waals surface area contributed by atoms with Crippen molar-refractivity contribution in [1.29, 1.82) is 0 Å². The first-order valence-corrected chi connectivity index (χ1v) is 6.61. The van der Waals surface area contributed by atoms with Gasteiger partial charge in [0, 0.05) is 24.2 Å². The number of hydrogen-bond donors (Lipinski definition) is 0. The van der Waals surface area contributed by atoms with Crippen LogP contribution in [0.15, 0.2) is 43.2 Å². The van der Waals surface area contributed by atoms with Crippen molar-refractivity contribution in [2.75, 3.05) is 0 Å². The highest BCUT2D eigenvalue weighted by molar-refractivity contribution is 5.91. The molecule has 0 N–H and O–H groups in total. The minimum absolute atomic E-state index is 0.889. The molecule has 0 radical (unpaired) electrons. The normalized spacial score (nSPS) is 13.1. The Balaban J connectivity index is 1.98. The second-order valence-electron chi connectivity index (χ2n) is 5.24. The molecule has 0 amide bonds. The fourth-order valence-corrected chi connectivity index (χ4v) is 3.37. The average molecular weight is 262 g/mol. The Morgan fingerprint density at radius 2 is 2.05 bits per heavy atom. The number of fused-ring (bicyclic) bond motifs is 7. The molecule has 96 valence electrons. The van der Waals surface area contributed by atoms with Gasteiger partial charge in [0.1, 0.15) is 6.54 Å². The Kier molecular flexibility index (Phi) is 1.65. The molecule has 0 saturated carbocycles. The lowest BCUT2D eigenvalue weighted by molar-refractivity contribution is -0.633. The molecule has 1 aliphatic heterocycles. The Morgan fingerprint density at radius 3 is 3.00 bits per heavy atom. The summed E-state index contributed by atoms with van der Waals surface area (Å²) in [5, 5.41) is 0. The molecule has 0 spiro atoms. The largest absolute Gasteiger partial charge is 0.299 e. The van der Waals surface area contributed by atoms with E-state index in [-0.39, 0.29) is 0 Å². The molecular formula is C15H12N5+. The summed E-state index contributed by atoms with van der Waals surface area (Å²) in [6.07, 6.45) is 9.68. The quantitative estimate of drug-likeness (QED) is 0.397. The van der Waals surface area contributed by atoms with Gasteiger partial charge >= 0.3 is 0 Å². The van der Waals surface area contributed by atoms with E-state index in [1.165, 1.54) is 33.5 Å². The summed E-state index contributed by atoms with van der Waals surface area (Å²) < 4.78 is 6.71. The molecule has 5 heterocycles. The summed E-state index contributed by atoms with van der Waals surface area (Å²) in [7, 11) is 2.13. The van der Waals surface area contributed by atoms with Crippen LogP contribution in [-0.2, 0) is 13.6 Å².